The van der Waals surface area contributed by atoms with Crippen molar-refractivity contribution >= 4 is 23.5 Å². The number of nitrogens with zero attached hydrogens (tertiary/aromatic N) is 4. The highest BCUT2D eigenvalue weighted by Gasteiger charge is 2.31. The van der Waals surface area contributed by atoms with Gasteiger partial charge in [0.15, 0.2) is 0 Å². The van der Waals surface area contributed by atoms with E-state index in [0.717, 1.165) is 24.5 Å². The summed E-state index contributed by atoms with van der Waals surface area (Å²) in [5.74, 6) is 1.90. The van der Waals surface area contributed by atoms with Gasteiger partial charge in [-0.15, -0.1) is 0 Å². The number of likely N-dealkylation sites (N-methyl/N-ethyl adjacent to an activating group) is 1. The number of pyridine rings is 1. The van der Waals surface area contributed by atoms with E-state index < -0.39 is 5.60 Å². The van der Waals surface area contributed by atoms with E-state index in [-0.39, 0.29) is 19.5 Å². The van der Waals surface area contributed by atoms with Crippen LogP contribution in [0.5, 0.6) is 5.75 Å². The van der Waals surface area contributed by atoms with Gasteiger partial charge in [0.2, 0.25) is 0 Å². The van der Waals surface area contributed by atoms with Gasteiger partial charge in [-0.3, -0.25) is 4.79 Å². The maximum absolute atomic E-state index is 12.9. The largest absolute Gasteiger partial charge is 0.493 e. The van der Waals surface area contributed by atoms with Crippen LogP contribution in [-0.4, -0.2) is 67.3 Å². The van der Waals surface area contributed by atoms with E-state index in [9.17, 15) is 9.59 Å². The van der Waals surface area contributed by atoms with Gasteiger partial charge in [-0.25, -0.2) is 9.78 Å². The lowest BCUT2D eigenvalue weighted by molar-refractivity contribution is 0.0237. The molecule has 192 valence electrons. The summed E-state index contributed by atoms with van der Waals surface area (Å²) < 4.78 is 11.2. The summed E-state index contributed by atoms with van der Waals surface area (Å²) in [4.78, 5) is 35.3. The minimum atomic E-state index is -0.520. The zero-order valence-electron chi connectivity index (χ0n) is 21.9. The first-order valence-electron chi connectivity index (χ1n) is 12.1. The normalized spacial score (nSPS) is 15.8. The predicted octanol–water partition coefficient (Wildman–Crippen LogP) is 5.08. The van der Waals surface area contributed by atoms with Crippen molar-refractivity contribution in [3.8, 4) is 5.75 Å². The highest BCUT2D eigenvalue weighted by atomic mass is 16.6. The first-order chi connectivity index (χ1) is 16.4. The molecule has 0 aliphatic carbocycles. The van der Waals surface area contributed by atoms with Gasteiger partial charge in [-0.05, 0) is 69.5 Å². The number of carbonyl (C=O) groups excluding carboxylic acids is 2. The van der Waals surface area contributed by atoms with Gasteiger partial charge in [0.1, 0.15) is 17.2 Å². The van der Waals surface area contributed by atoms with Crippen molar-refractivity contribution in [2.75, 3.05) is 43.6 Å². The van der Waals surface area contributed by atoms with Crippen molar-refractivity contribution in [1.29, 1.82) is 0 Å². The molecule has 35 heavy (non-hydrogen) atoms. The zero-order chi connectivity index (χ0) is 25.8. The first kappa shape index (κ1) is 26.3. The number of ether oxygens (including phenoxy) is 2. The fraction of sp³-hybridized carbons (Fsp3) is 0.519. The second-order valence-electron chi connectivity index (χ2n) is 10.4. The van der Waals surface area contributed by atoms with Crippen molar-refractivity contribution in [3.63, 3.8) is 0 Å². The number of hydrogen-bond acceptors (Lipinski definition) is 6. The van der Waals surface area contributed by atoms with E-state index in [1.165, 1.54) is 0 Å². The van der Waals surface area contributed by atoms with Gasteiger partial charge < -0.3 is 24.2 Å². The fourth-order valence-corrected chi connectivity index (χ4v) is 3.78. The quantitative estimate of drug-likeness (QED) is 0.545. The molecule has 2 aromatic rings. The number of anilines is 2. The van der Waals surface area contributed by atoms with Crippen LogP contribution in [0, 0.1) is 5.92 Å². The van der Waals surface area contributed by atoms with Gasteiger partial charge in [0.25, 0.3) is 5.91 Å². The number of carbonyl (C=O) groups is 2. The van der Waals surface area contributed by atoms with Gasteiger partial charge in [-0.1, -0.05) is 13.8 Å². The molecule has 0 radical (unpaired) electrons. The molecule has 1 aliphatic rings. The molecule has 8 nitrogen and oxygen atoms in total. The monoisotopic (exact) mass is 484 g/mol. The Morgan fingerprint density at radius 1 is 1.14 bits per heavy atom. The molecule has 2 heterocycles. The van der Waals surface area contributed by atoms with Crippen LogP contribution < -0.4 is 14.5 Å². The maximum atomic E-state index is 12.9. The Balaban J connectivity index is 0.00000456. The molecule has 0 bridgehead atoms. The zero-order valence-corrected chi connectivity index (χ0v) is 21.9. The van der Waals surface area contributed by atoms with E-state index in [1.807, 2.05) is 45.0 Å². The molecule has 1 aliphatic heterocycles. The molecule has 2 amide bonds. The predicted molar refractivity (Wildman–Crippen MR) is 140 cm³/mol. The standard InChI is InChI=1S/C27H38N4O4.H2/c1-19(2)18-34-23-11-8-20(9-12-23)25(32)29(6)21-10-13-24(28-16-21)31-15-14-22(17-31)30(7)26(33)35-27(3,4)5;/h8-13,16,19,22H,14-15,17-18H2,1-7H3;1H. The average molecular weight is 485 g/mol. The second-order valence-corrected chi connectivity index (χ2v) is 10.4. The van der Waals surface area contributed by atoms with E-state index in [4.69, 9.17) is 9.47 Å². The summed E-state index contributed by atoms with van der Waals surface area (Å²) in [5.41, 5.74) is 0.773. The summed E-state index contributed by atoms with van der Waals surface area (Å²) in [6.07, 6.45) is 2.24. The van der Waals surface area contributed by atoms with E-state index >= 15 is 0 Å². The van der Waals surface area contributed by atoms with Crippen LogP contribution in [0.3, 0.4) is 0 Å². The topological polar surface area (TPSA) is 75.2 Å². The highest BCUT2D eigenvalue weighted by Crippen LogP contribution is 2.25. The Morgan fingerprint density at radius 2 is 1.83 bits per heavy atom. The third kappa shape index (κ3) is 7.10. The number of aromatic nitrogens is 1. The van der Waals surface area contributed by atoms with Crippen LogP contribution in [0.4, 0.5) is 16.3 Å². The summed E-state index contributed by atoms with van der Waals surface area (Å²) in [7, 11) is 3.52. The molecule has 1 aromatic carbocycles. The van der Waals surface area contributed by atoms with E-state index in [0.29, 0.717) is 30.3 Å². The van der Waals surface area contributed by atoms with Gasteiger partial charge >= 0.3 is 6.09 Å². The Labute approximate surface area is 210 Å². The SMILES string of the molecule is CC(C)COc1ccc(C(=O)N(C)c2ccc(N3CCC(N(C)C(=O)OC(C)(C)C)C3)nc2)cc1.[HH]. The van der Waals surface area contributed by atoms with Crippen molar-refractivity contribution in [2.24, 2.45) is 5.92 Å². The molecule has 1 aromatic heterocycles. The lowest BCUT2D eigenvalue weighted by Crippen LogP contribution is -2.42. The minimum absolute atomic E-state index is 0. The Morgan fingerprint density at radius 3 is 2.40 bits per heavy atom. The molecule has 1 saturated heterocycles. The molecule has 0 N–H and O–H groups in total. The molecule has 1 atom stereocenters. The van der Waals surface area contributed by atoms with Crippen LogP contribution in [-0.2, 0) is 4.74 Å². The van der Waals surface area contributed by atoms with Crippen LogP contribution in [0.2, 0.25) is 0 Å². The van der Waals surface area contributed by atoms with Gasteiger partial charge in [0, 0.05) is 34.2 Å². The Bertz CT molecular complexity index is 1010. The third-order valence-corrected chi connectivity index (χ3v) is 5.83. The van der Waals surface area contributed by atoms with E-state index in [2.05, 4.69) is 23.7 Å². The number of amides is 2. The van der Waals surface area contributed by atoms with Crippen LogP contribution in [0.25, 0.3) is 0 Å². The highest BCUT2D eigenvalue weighted by molar-refractivity contribution is 6.05. The third-order valence-electron chi connectivity index (χ3n) is 5.83. The maximum Gasteiger partial charge on any atom is 0.410 e. The van der Waals surface area contributed by atoms with Crippen molar-refractivity contribution in [3.05, 3.63) is 48.2 Å². The second kappa shape index (κ2) is 11.0. The molecular weight excluding hydrogens is 444 g/mol. The molecule has 0 spiro atoms. The lowest BCUT2D eigenvalue weighted by atomic mass is 10.2. The van der Waals surface area contributed by atoms with Gasteiger partial charge in [-0.2, -0.15) is 0 Å². The van der Waals surface area contributed by atoms with Crippen molar-refractivity contribution in [1.82, 2.24) is 9.88 Å². The number of rotatable bonds is 7. The summed E-state index contributed by atoms with van der Waals surface area (Å²) in [6, 6.07) is 11.1. The fourth-order valence-electron chi connectivity index (χ4n) is 3.78. The minimum Gasteiger partial charge on any atom is -0.493 e. The van der Waals surface area contributed by atoms with Crippen LogP contribution in [0.1, 0.15) is 52.8 Å². The molecule has 1 unspecified atom stereocenters. The first-order valence-corrected chi connectivity index (χ1v) is 12.1. The summed E-state index contributed by atoms with van der Waals surface area (Å²) in [6.45, 7) is 11.9. The summed E-state index contributed by atoms with van der Waals surface area (Å²) in [5, 5.41) is 0. The van der Waals surface area contributed by atoms with Crippen LogP contribution in [0.15, 0.2) is 42.6 Å². The van der Waals surface area contributed by atoms with Gasteiger partial charge in [0.05, 0.1) is 24.5 Å². The molecule has 3 rings (SSSR count). The smallest absolute Gasteiger partial charge is 0.410 e. The van der Waals surface area contributed by atoms with Crippen LogP contribution >= 0.6 is 0 Å². The Hall–Kier alpha value is -3.29. The van der Waals surface area contributed by atoms with E-state index in [1.54, 1.807) is 42.2 Å². The molecular formula is C27H40N4O4. The number of benzene rings is 1. The molecule has 0 saturated carbocycles. The summed E-state index contributed by atoms with van der Waals surface area (Å²) >= 11 is 0. The molecule has 8 heteroatoms. The van der Waals surface area contributed by atoms with Crippen molar-refractivity contribution in [2.45, 2.75) is 52.7 Å². The molecule has 1 fully saturated rings. The van der Waals surface area contributed by atoms with Crippen molar-refractivity contribution < 1.29 is 20.5 Å². The lowest BCUT2D eigenvalue weighted by Gasteiger charge is -2.28. The Kier molecular flexibility index (Phi) is 8.25. The average Bonchev–Trinajstić information content (AvgIpc) is 3.31. The number of hydrogen-bond donors (Lipinski definition) is 0.